The summed E-state index contributed by atoms with van der Waals surface area (Å²) in [5, 5.41) is 9.87. The third-order valence-electron chi connectivity index (χ3n) is 9.73. The van der Waals surface area contributed by atoms with Gasteiger partial charge in [-0.05, 0) is 69.7 Å². The van der Waals surface area contributed by atoms with Crippen molar-refractivity contribution >= 4 is 23.2 Å². The topological polar surface area (TPSA) is 118 Å². The van der Waals surface area contributed by atoms with Gasteiger partial charge < -0.3 is 30.1 Å². The molecule has 0 aromatic heterocycles. The van der Waals surface area contributed by atoms with Gasteiger partial charge in [-0.25, -0.2) is 0 Å². The molecule has 1 aromatic rings. The number of benzene rings is 1. The Kier molecular flexibility index (Phi) is 8.15. The summed E-state index contributed by atoms with van der Waals surface area (Å²) in [6.07, 6.45) is 10.9. The highest BCUT2D eigenvalue weighted by Crippen LogP contribution is 2.39. The van der Waals surface area contributed by atoms with Crippen molar-refractivity contribution < 1.29 is 14.3 Å². The van der Waals surface area contributed by atoms with Gasteiger partial charge in [-0.2, -0.15) is 0 Å². The molecule has 2 amide bonds. The standard InChI is InChI=1S/C31H48N8O3/c1-4-22-19-36(2)28-29(39(22)23-12-6-7-13-23)34-31(32,35-30(28)41)33-24-17-21-11-10-16-38(25(21)18-26(24)42-3)27(40)20-37-14-8-5-9-15-37/h17-18,22-23,33-34H,4-16,19-20,32H2,1-3H3,(H,35,41)/t22?,31-/m1/s1. The predicted molar refractivity (Wildman–Crippen MR) is 164 cm³/mol. The molecule has 5 N–H and O–H groups in total. The highest BCUT2D eigenvalue weighted by Gasteiger charge is 2.46. The minimum Gasteiger partial charge on any atom is -0.495 e. The molecule has 1 saturated heterocycles. The average Bonchev–Trinajstić information content (AvgIpc) is 3.50. The number of likely N-dealkylation sites (N-methyl/N-ethyl adjacent to an activating group) is 1. The van der Waals surface area contributed by atoms with Crippen molar-refractivity contribution in [2.45, 2.75) is 89.1 Å². The van der Waals surface area contributed by atoms with E-state index in [0.29, 0.717) is 42.3 Å². The number of carbonyl (C=O) groups excluding carboxylic acids is 2. The molecule has 1 aromatic carbocycles. The Morgan fingerprint density at radius 1 is 1.10 bits per heavy atom. The van der Waals surface area contributed by atoms with Crippen LogP contribution in [0.25, 0.3) is 0 Å². The largest absolute Gasteiger partial charge is 0.495 e. The van der Waals surface area contributed by atoms with Gasteiger partial charge >= 0.3 is 0 Å². The number of nitrogens with one attached hydrogen (secondary N) is 3. The van der Waals surface area contributed by atoms with Crippen LogP contribution in [0.2, 0.25) is 0 Å². The normalized spacial score (nSPS) is 26.9. The number of methoxy groups -OCH3 is 1. The van der Waals surface area contributed by atoms with E-state index in [2.05, 4.69) is 32.7 Å². The van der Waals surface area contributed by atoms with Crippen molar-refractivity contribution in [1.82, 2.24) is 25.3 Å². The second kappa shape index (κ2) is 11.8. The van der Waals surface area contributed by atoms with Crippen LogP contribution in [0.4, 0.5) is 11.4 Å². The molecule has 4 heterocycles. The molecule has 230 valence electrons. The van der Waals surface area contributed by atoms with E-state index in [1.807, 2.05) is 29.0 Å². The molecule has 2 fully saturated rings. The third-order valence-corrected chi connectivity index (χ3v) is 9.73. The molecule has 4 aliphatic heterocycles. The van der Waals surface area contributed by atoms with E-state index in [4.69, 9.17) is 10.5 Å². The first-order valence-electron chi connectivity index (χ1n) is 16.0. The molecule has 11 nitrogen and oxygen atoms in total. The second-order valence-corrected chi connectivity index (χ2v) is 12.7. The Labute approximate surface area is 249 Å². The van der Waals surface area contributed by atoms with E-state index in [9.17, 15) is 9.59 Å². The zero-order chi connectivity index (χ0) is 29.4. The molecule has 1 unspecified atom stereocenters. The molecule has 5 aliphatic rings. The van der Waals surface area contributed by atoms with Crippen LogP contribution in [0.3, 0.4) is 0 Å². The molecule has 11 heteroatoms. The van der Waals surface area contributed by atoms with E-state index in [-0.39, 0.29) is 11.8 Å². The quantitative estimate of drug-likeness (QED) is 0.360. The number of ether oxygens (including phenoxy) is 1. The Bertz CT molecular complexity index is 1220. The molecular weight excluding hydrogens is 532 g/mol. The summed E-state index contributed by atoms with van der Waals surface area (Å²) in [7, 11) is 3.60. The van der Waals surface area contributed by atoms with Crippen LogP contribution in [0.15, 0.2) is 23.7 Å². The summed E-state index contributed by atoms with van der Waals surface area (Å²) < 4.78 is 5.83. The number of nitrogens with zero attached hydrogens (tertiary/aromatic N) is 4. The lowest BCUT2D eigenvalue weighted by Crippen LogP contribution is -2.76. The number of nitrogens with two attached hydrogens (primary N) is 1. The number of anilines is 2. The molecule has 2 atom stereocenters. The number of piperidine rings is 1. The molecule has 1 aliphatic carbocycles. The summed E-state index contributed by atoms with van der Waals surface area (Å²) in [6.45, 7) is 6.14. The van der Waals surface area contributed by atoms with Crippen molar-refractivity contribution in [3.05, 3.63) is 29.2 Å². The van der Waals surface area contributed by atoms with Crippen LogP contribution >= 0.6 is 0 Å². The fourth-order valence-corrected chi connectivity index (χ4v) is 7.64. The second-order valence-electron chi connectivity index (χ2n) is 12.7. The maximum Gasteiger partial charge on any atom is 0.275 e. The van der Waals surface area contributed by atoms with Gasteiger partial charge in [0.2, 0.25) is 11.8 Å². The van der Waals surface area contributed by atoms with E-state index < -0.39 is 5.91 Å². The monoisotopic (exact) mass is 580 g/mol. The molecular formula is C31H48N8O3. The minimum absolute atomic E-state index is 0.135. The first-order valence-corrected chi connectivity index (χ1v) is 16.0. The first kappa shape index (κ1) is 28.9. The maximum atomic E-state index is 13.6. The maximum absolute atomic E-state index is 13.6. The van der Waals surface area contributed by atoms with Gasteiger partial charge in [-0.15, -0.1) is 0 Å². The highest BCUT2D eigenvalue weighted by molar-refractivity contribution is 5.97. The summed E-state index contributed by atoms with van der Waals surface area (Å²) in [6, 6.07) is 4.65. The van der Waals surface area contributed by atoms with Gasteiger partial charge in [0.1, 0.15) is 17.3 Å². The first-order chi connectivity index (χ1) is 20.3. The number of rotatable bonds is 7. The van der Waals surface area contributed by atoms with Crippen molar-refractivity contribution in [3.8, 4) is 5.75 Å². The zero-order valence-electron chi connectivity index (χ0n) is 25.5. The molecule has 0 bridgehead atoms. The Morgan fingerprint density at radius 3 is 2.57 bits per heavy atom. The number of likely N-dealkylation sites (tertiary alicyclic amines) is 1. The van der Waals surface area contributed by atoms with Gasteiger partial charge in [0.15, 0.2) is 0 Å². The number of carbonyl (C=O) groups is 2. The van der Waals surface area contributed by atoms with E-state index in [1.165, 1.54) is 19.3 Å². The van der Waals surface area contributed by atoms with Gasteiger partial charge in [0.25, 0.3) is 5.91 Å². The van der Waals surface area contributed by atoms with Crippen LogP contribution in [0.1, 0.15) is 70.3 Å². The van der Waals surface area contributed by atoms with Crippen LogP contribution < -0.4 is 31.3 Å². The van der Waals surface area contributed by atoms with E-state index in [1.54, 1.807) is 7.11 Å². The molecule has 1 saturated carbocycles. The van der Waals surface area contributed by atoms with E-state index >= 15 is 0 Å². The number of aryl methyl sites for hydroxylation is 1. The van der Waals surface area contributed by atoms with Gasteiger partial charge in [0, 0.05) is 38.3 Å². The number of amides is 2. The molecule has 0 spiro atoms. The van der Waals surface area contributed by atoms with E-state index in [0.717, 1.165) is 81.7 Å². The van der Waals surface area contributed by atoms with Crippen molar-refractivity contribution in [2.75, 3.05) is 57.1 Å². The van der Waals surface area contributed by atoms with Crippen LogP contribution in [0, 0.1) is 0 Å². The third kappa shape index (κ3) is 5.48. The fourth-order valence-electron chi connectivity index (χ4n) is 7.64. The number of fused-ring (bicyclic) bond motifs is 1. The summed E-state index contributed by atoms with van der Waals surface area (Å²) in [5.41, 5.74) is 10.2. The number of hydrogen-bond donors (Lipinski definition) is 4. The fraction of sp³-hybridized carbons (Fsp3) is 0.677. The Morgan fingerprint density at radius 2 is 1.86 bits per heavy atom. The summed E-state index contributed by atoms with van der Waals surface area (Å²) in [5.74, 6) is -0.122. The minimum atomic E-state index is -1.43. The molecule has 0 radical (unpaired) electrons. The molecule has 6 rings (SSSR count). The summed E-state index contributed by atoms with van der Waals surface area (Å²) >= 11 is 0. The van der Waals surface area contributed by atoms with Crippen LogP contribution in [-0.2, 0) is 16.0 Å². The lowest BCUT2D eigenvalue weighted by molar-refractivity contribution is -0.123. The van der Waals surface area contributed by atoms with Gasteiger partial charge in [-0.3, -0.25) is 25.5 Å². The lowest BCUT2D eigenvalue weighted by Gasteiger charge is -2.52. The lowest BCUT2D eigenvalue weighted by atomic mass is 9.99. The Balaban J connectivity index is 1.27. The smallest absolute Gasteiger partial charge is 0.275 e. The van der Waals surface area contributed by atoms with Crippen molar-refractivity contribution in [2.24, 2.45) is 5.73 Å². The van der Waals surface area contributed by atoms with Gasteiger partial charge in [0.05, 0.1) is 25.0 Å². The summed E-state index contributed by atoms with van der Waals surface area (Å²) in [4.78, 5) is 35.7. The Hall–Kier alpha value is -3.18. The SMILES string of the molecule is CCC1CN(C)C2=C(N[C@@](N)(Nc3cc4c(cc3OC)N(C(=O)CN3CCCCC3)CCC4)NC2=O)N1C1CCCC1. The van der Waals surface area contributed by atoms with Crippen molar-refractivity contribution in [3.63, 3.8) is 0 Å². The highest BCUT2D eigenvalue weighted by atomic mass is 16.5. The van der Waals surface area contributed by atoms with Gasteiger partial charge in [-0.1, -0.05) is 26.2 Å². The molecule has 42 heavy (non-hydrogen) atoms. The van der Waals surface area contributed by atoms with Crippen LogP contribution in [-0.4, -0.2) is 91.4 Å². The zero-order valence-corrected chi connectivity index (χ0v) is 25.5. The predicted octanol–water partition coefficient (Wildman–Crippen LogP) is 2.30. The van der Waals surface area contributed by atoms with Crippen molar-refractivity contribution in [1.29, 1.82) is 0 Å². The number of hydrogen-bond acceptors (Lipinski definition) is 9. The average molecular weight is 581 g/mol. The van der Waals surface area contributed by atoms with Crippen LogP contribution in [0.5, 0.6) is 5.75 Å².